The minimum absolute atomic E-state index is 0.0689. The number of hydrogen-bond donors (Lipinski definition) is 0. The molecule has 2 saturated heterocycles. The molecule has 0 saturated carbocycles. The molecule has 6 rings (SSSR count). The van der Waals surface area contributed by atoms with Gasteiger partial charge in [0.1, 0.15) is 12.4 Å². The Morgan fingerprint density at radius 2 is 1.88 bits per heavy atom. The largest absolute Gasteiger partial charge is 0.462 e. The van der Waals surface area contributed by atoms with Crippen molar-refractivity contribution in [3.05, 3.63) is 64.8 Å². The van der Waals surface area contributed by atoms with Gasteiger partial charge in [-0.15, -0.1) is 0 Å². The molecule has 10 nitrogen and oxygen atoms in total. The Bertz CT molecular complexity index is 1680. The van der Waals surface area contributed by atoms with Crippen molar-refractivity contribution in [3.63, 3.8) is 0 Å². The summed E-state index contributed by atoms with van der Waals surface area (Å²) in [4.78, 5) is 34.6. The molecule has 48 heavy (non-hydrogen) atoms. The molecule has 3 aliphatic rings. The van der Waals surface area contributed by atoms with Crippen molar-refractivity contribution < 1.29 is 9.53 Å². The van der Waals surface area contributed by atoms with Crippen molar-refractivity contribution in [2.45, 2.75) is 58.2 Å². The van der Waals surface area contributed by atoms with Crippen molar-refractivity contribution >= 4 is 39.8 Å². The lowest BCUT2D eigenvalue weighted by Gasteiger charge is -2.43. The lowest BCUT2D eigenvalue weighted by atomic mass is 10.0. The van der Waals surface area contributed by atoms with E-state index in [1.54, 1.807) is 0 Å². The lowest BCUT2D eigenvalue weighted by molar-refractivity contribution is -0.130. The van der Waals surface area contributed by atoms with Crippen LogP contribution in [-0.4, -0.2) is 109 Å². The number of likely N-dealkylation sites (N-methyl/N-ethyl adjacent to an activating group) is 2. The maximum absolute atomic E-state index is 13.6. The summed E-state index contributed by atoms with van der Waals surface area (Å²) >= 11 is 6.74. The molecule has 0 spiro atoms. The topological polar surface area (TPSA) is 92.1 Å². The molecule has 1 amide bonds. The van der Waals surface area contributed by atoms with E-state index in [-0.39, 0.29) is 18.4 Å². The van der Waals surface area contributed by atoms with Crippen LogP contribution in [0, 0.1) is 11.3 Å². The van der Waals surface area contributed by atoms with Crippen LogP contribution in [0.25, 0.3) is 10.8 Å². The van der Waals surface area contributed by atoms with Gasteiger partial charge in [-0.2, -0.15) is 15.2 Å². The number of piperazine rings is 1. The maximum Gasteiger partial charge on any atom is 0.318 e. The standard InChI is InChI=1S/C37H47ClN8O2/c1-5-43(6-2)22-26(3)36(47)46-21-20-45(23-28(46)15-17-39)35-30-16-19-44(33-14-8-11-27-10-7-13-31(38)34(27)33)24-32(30)40-37(41-35)48-25-29-12-9-18-42(29)4/h7-8,10-11,13-14,28-29H,3,5-6,9,12,15-16,18-25H2,1-2,4H3/t28-,29-/m0/s1. The minimum atomic E-state index is -0.273. The van der Waals surface area contributed by atoms with Crippen molar-refractivity contribution in [1.29, 1.82) is 5.26 Å². The highest BCUT2D eigenvalue weighted by Crippen LogP contribution is 2.37. The number of amides is 1. The summed E-state index contributed by atoms with van der Waals surface area (Å²) in [6.45, 7) is 15.1. The Morgan fingerprint density at radius 3 is 2.60 bits per heavy atom. The Balaban J connectivity index is 1.29. The number of carbonyl (C=O) groups is 1. The molecule has 0 aliphatic carbocycles. The number of halogens is 1. The van der Waals surface area contributed by atoms with Gasteiger partial charge in [-0.1, -0.05) is 56.3 Å². The van der Waals surface area contributed by atoms with Crippen molar-refractivity contribution in [3.8, 4) is 12.1 Å². The molecular weight excluding hydrogens is 624 g/mol. The normalized spacial score (nSPS) is 19.9. The van der Waals surface area contributed by atoms with E-state index < -0.39 is 0 Å². The summed E-state index contributed by atoms with van der Waals surface area (Å²) in [6.07, 6.45) is 3.24. The van der Waals surface area contributed by atoms with E-state index in [0.29, 0.717) is 57.0 Å². The molecule has 2 aromatic carbocycles. The van der Waals surface area contributed by atoms with Gasteiger partial charge in [-0.3, -0.25) is 9.69 Å². The zero-order valence-electron chi connectivity index (χ0n) is 28.5. The highest BCUT2D eigenvalue weighted by Gasteiger charge is 2.35. The molecule has 2 atom stereocenters. The molecular formula is C37H47ClN8O2. The van der Waals surface area contributed by atoms with Crippen LogP contribution >= 0.6 is 11.6 Å². The van der Waals surface area contributed by atoms with E-state index in [4.69, 9.17) is 26.3 Å². The summed E-state index contributed by atoms with van der Waals surface area (Å²) in [6, 6.07) is 15.1. The molecule has 1 aromatic heterocycles. The Hall–Kier alpha value is -3.91. The number of hydrogen-bond acceptors (Lipinski definition) is 9. The number of nitriles is 1. The van der Waals surface area contributed by atoms with Gasteiger partial charge in [0.15, 0.2) is 0 Å². The minimum Gasteiger partial charge on any atom is -0.462 e. The fraction of sp³-hybridized carbons (Fsp3) is 0.514. The van der Waals surface area contributed by atoms with Crippen molar-refractivity contribution in [2.24, 2.45) is 0 Å². The van der Waals surface area contributed by atoms with Crippen LogP contribution in [0.15, 0.2) is 48.6 Å². The summed E-state index contributed by atoms with van der Waals surface area (Å²) in [5.74, 6) is 0.781. The monoisotopic (exact) mass is 670 g/mol. The summed E-state index contributed by atoms with van der Waals surface area (Å²) in [5.41, 5.74) is 3.69. The molecule has 0 unspecified atom stereocenters. The SMILES string of the molecule is C=C(CN(CC)CC)C(=O)N1CCN(c2nc(OC[C@@H]3CCCN3C)nc3c2CCN(c2cccc4cccc(Cl)c24)C3)C[C@@H]1CC#N. The average Bonchev–Trinajstić information content (AvgIpc) is 3.52. The Kier molecular flexibility index (Phi) is 10.7. The predicted octanol–water partition coefficient (Wildman–Crippen LogP) is 5.15. The zero-order valence-corrected chi connectivity index (χ0v) is 29.3. The van der Waals surface area contributed by atoms with Crippen LogP contribution in [0.4, 0.5) is 11.5 Å². The Labute approximate surface area is 289 Å². The number of aromatic nitrogens is 2. The molecule has 11 heteroatoms. The number of ether oxygens (including phenoxy) is 1. The second-order valence-electron chi connectivity index (χ2n) is 13.2. The maximum atomic E-state index is 13.6. The molecule has 4 heterocycles. The third kappa shape index (κ3) is 7.09. The van der Waals surface area contributed by atoms with E-state index in [9.17, 15) is 10.1 Å². The van der Waals surface area contributed by atoms with Gasteiger partial charge in [-0.05, 0) is 63.5 Å². The van der Waals surface area contributed by atoms with Crippen molar-refractivity contribution in [1.82, 2.24) is 24.7 Å². The smallest absolute Gasteiger partial charge is 0.318 e. The first-order valence-corrected chi connectivity index (χ1v) is 17.7. The van der Waals surface area contributed by atoms with Crippen LogP contribution in [0.1, 0.15) is 44.4 Å². The molecule has 3 aliphatic heterocycles. The van der Waals surface area contributed by atoms with E-state index in [1.807, 2.05) is 17.0 Å². The van der Waals surface area contributed by atoms with Crippen LogP contribution in [0.5, 0.6) is 6.01 Å². The first kappa shape index (κ1) is 34.0. The number of fused-ring (bicyclic) bond motifs is 2. The zero-order chi connectivity index (χ0) is 33.8. The molecule has 3 aromatic rings. The summed E-state index contributed by atoms with van der Waals surface area (Å²) in [5, 5.41) is 12.7. The van der Waals surface area contributed by atoms with Gasteiger partial charge in [0.25, 0.3) is 5.91 Å². The quantitative estimate of drug-likeness (QED) is 0.257. The molecule has 254 valence electrons. The summed E-state index contributed by atoms with van der Waals surface area (Å²) in [7, 11) is 2.14. The van der Waals surface area contributed by atoms with Crippen LogP contribution < -0.4 is 14.5 Å². The van der Waals surface area contributed by atoms with Crippen LogP contribution in [0.3, 0.4) is 0 Å². The van der Waals surface area contributed by atoms with Crippen LogP contribution in [0.2, 0.25) is 5.02 Å². The highest BCUT2D eigenvalue weighted by molar-refractivity contribution is 6.36. The predicted molar refractivity (Wildman–Crippen MR) is 192 cm³/mol. The third-order valence-corrected chi connectivity index (χ3v) is 10.6. The fourth-order valence-corrected chi connectivity index (χ4v) is 7.68. The first-order valence-electron chi connectivity index (χ1n) is 17.3. The van der Waals surface area contributed by atoms with Gasteiger partial charge in [0, 0.05) is 61.0 Å². The number of benzene rings is 2. The van der Waals surface area contributed by atoms with E-state index in [0.717, 1.165) is 84.0 Å². The Morgan fingerprint density at radius 1 is 1.08 bits per heavy atom. The van der Waals surface area contributed by atoms with Gasteiger partial charge in [-0.25, -0.2) is 0 Å². The molecule has 0 bridgehead atoms. The molecule has 0 N–H and O–H groups in total. The number of rotatable bonds is 11. The average molecular weight is 671 g/mol. The second-order valence-corrected chi connectivity index (χ2v) is 13.6. The van der Waals surface area contributed by atoms with E-state index in [1.165, 1.54) is 0 Å². The first-order chi connectivity index (χ1) is 23.3. The molecule has 0 radical (unpaired) electrons. The lowest BCUT2D eigenvalue weighted by Crippen LogP contribution is -2.56. The number of carbonyl (C=O) groups excluding carboxylic acids is 1. The van der Waals surface area contributed by atoms with E-state index >= 15 is 0 Å². The number of nitrogens with zero attached hydrogens (tertiary/aromatic N) is 8. The van der Waals surface area contributed by atoms with E-state index in [2.05, 4.69) is 77.4 Å². The number of likely N-dealkylation sites (tertiary alicyclic amines) is 1. The highest BCUT2D eigenvalue weighted by atomic mass is 35.5. The number of anilines is 2. The summed E-state index contributed by atoms with van der Waals surface area (Å²) < 4.78 is 6.35. The van der Waals surface area contributed by atoms with Gasteiger partial charge >= 0.3 is 6.01 Å². The van der Waals surface area contributed by atoms with Gasteiger partial charge in [0.05, 0.1) is 35.8 Å². The van der Waals surface area contributed by atoms with Crippen molar-refractivity contribution in [2.75, 3.05) is 75.8 Å². The fourth-order valence-electron chi connectivity index (χ4n) is 7.40. The second kappa shape index (κ2) is 15.1. The van der Waals surface area contributed by atoms with Crippen LogP contribution in [-0.2, 0) is 17.8 Å². The third-order valence-electron chi connectivity index (χ3n) is 10.3. The van der Waals surface area contributed by atoms with Gasteiger partial charge < -0.3 is 24.3 Å². The van der Waals surface area contributed by atoms with Gasteiger partial charge in [0.2, 0.25) is 0 Å². The molecule has 2 fully saturated rings.